The van der Waals surface area contributed by atoms with E-state index in [2.05, 4.69) is 49.3 Å². The van der Waals surface area contributed by atoms with Gasteiger partial charge in [-0.3, -0.25) is 9.80 Å². The number of piperazine rings is 1. The van der Waals surface area contributed by atoms with Crippen LogP contribution in [0, 0.1) is 11.8 Å². The lowest BCUT2D eigenvalue weighted by atomic mass is 9.79. The molecule has 3 aliphatic rings. The van der Waals surface area contributed by atoms with Crippen LogP contribution in [-0.2, 0) is 0 Å². The molecule has 3 fully saturated rings. The molecule has 146 valence electrons. The van der Waals surface area contributed by atoms with Gasteiger partial charge in [0, 0.05) is 43.8 Å². The first-order valence-corrected chi connectivity index (χ1v) is 11.2. The zero-order valence-corrected chi connectivity index (χ0v) is 17.6. The van der Waals surface area contributed by atoms with E-state index in [1.807, 2.05) is 0 Å². The fourth-order valence-electron chi connectivity index (χ4n) is 5.74. The van der Waals surface area contributed by atoms with Gasteiger partial charge in [-0.1, -0.05) is 13.8 Å². The largest absolute Gasteiger partial charge is 0.301 e. The number of hydrogen-bond donors (Lipinski definition) is 0. The molecular weight excluding hydrogens is 306 g/mol. The van der Waals surface area contributed by atoms with Gasteiger partial charge in [0.2, 0.25) is 0 Å². The molecule has 0 radical (unpaired) electrons. The molecule has 3 nitrogen and oxygen atoms in total. The highest BCUT2D eigenvalue weighted by molar-refractivity contribution is 4.91. The molecule has 2 saturated heterocycles. The van der Waals surface area contributed by atoms with E-state index >= 15 is 0 Å². The van der Waals surface area contributed by atoms with Gasteiger partial charge in [0.15, 0.2) is 0 Å². The Hall–Kier alpha value is -0.120. The van der Waals surface area contributed by atoms with E-state index in [0.29, 0.717) is 0 Å². The highest BCUT2D eigenvalue weighted by atomic mass is 15.3. The molecular formula is C22H43N3. The van der Waals surface area contributed by atoms with Crippen LogP contribution in [-0.4, -0.2) is 71.6 Å². The summed E-state index contributed by atoms with van der Waals surface area (Å²) >= 11 is 0. The van der Waals surface area contributed by atoms with Crippen molar-refractivity contribution in [2.75, 3.05) is 32.7 Å². The van der Waals surface area contributed by atoms with E-state index in [1.165, 1.54) is 71.2 Å². The van der Waals surface area contributed by atoms with Gasteiger partial charge in [0.05, 0.1) is 0 Å². The lowest BCUT2D eigenvalue weighted by Gasteiger charge is -2.49. The molecule has 0 bridgehead atoms. The lowest BCUT2D eigenvalue weighted by molar-refractivity contribution is -0.00609. The summed E-state index contributed by atoms with van der Waals surface area (Å²) in [6.07, 6.45) is 8.57. The van der Waals surface area contributed by atoms with Crippen molar-refractivity contribution in [3.8, 4) is 0 Å². The van der Waals surface area contributed by atoms with Gasteiger partial charge in [0.25, 0.3) is 0 Å². The smallest absolute Gasteiger partial charge is 0.0198 e. The van der Waals surface area contributed by atoms with Crippen molar-refractivity contribution in [2.24, 2.45) is 11.8 Å². The van der Waals surface area contributed by atoms with Crippen molar-refractivity contribution in [2.45, 2.75) is 97.3 Å². The summed E-state index contributed by atoms with van der Waals surface area (Å²) in [4.78, 5) is 8.36. The maximum Gasteiger partial charge on any atom is 0.0198 e. The molecule has 0 aromatic carbocycles. The molecule has 1 saturated carbocycles. The van der Waals surface area contributed by atoms with Crippen molar-refractivity contribution >= 4 is 0 Å². The SMILES string of the molecule is CC(C)C1CCC(N2CCN(C3CCN(C(C)C)CC3)[C@H](C)C2)CC1. The number of rotatable bonds is 4. The Morgan fingerprint density at radius 3 is 1.88 bits per heavy atom. The van der Waals surface area contributed by atoms with Crippen LogP contribution in [0.15, 0.2) is 0 Å². The minimum atomic E-state index is 0.719. The van der Waals surface area contributed by atoms with E-state index in [1.54, 1.807) is 0 Å². The Bertz CT molecular complexity index is 392. The van der Waals surface area contributed by atoms with Gasteiger partial charge >= 0.3 is 0 Å². The van der Waals surface area contributed by atoms with Crippen molar-refractivity contribution in [3.05, 3.63) is 0 Å². The summed E-state index contributed by atoms with van der Waals surface area (Å²) in [5.74, 6) is 1.87. The maximum absolute atomic E-state index is 2.86. The number of nitrogens with zero attached hydrogens (tertiary/aromatic N) is 3. The van der Waals surface area contributed by atoms with Crippen LogP contribution < -0.4 is 0 Å². The Kier molecular flexibility index (Phi) is 6.84. The predicted octanol–water partition coefficient (Wildman–Crippen LogP) is 4.08. The van der Waals surface area contributed by atoms with Gasteiger partial charge in [-0.2, -0.15) is 0 Å². The summed E-state index contributed by atoms with van der Waals surface area (Å²) in [5.41, 5.74) is 0. The fourth-order valence-corrected chi connectivity index (χ4v) is 5.74. The molecule has 0 amide bonds. The number of piperidine rings is 1. The summed E-state index contributed by atoms with van der Waals surface area (Å²) in [6.45, 7) is 18.5. The third kappa shape index (κ3) is 4.78. The Morgan fingerprint density at radius 2 is 1.36 bits per heavy atom. The minimum Gasteiger partial charge on any atom is -0.301 e. The van der Waals surface area contributed by atoms with E-state index in [4.69, 9.17) is 0 Å². The summed E-state index contributed by atoms with van der Waals surface area (Å²) < 4.78 is 0. The molecule has 0 N–H and O–H groups in total. The molecule has 0 aromatic rings. The summed E-state index contributed by atoms with van der Waals surface area (Å²) in [7, 11) is 0. The maximum atomic E-state index is 2.86. The lowest BCUT2D eigenvalue weighted by Crippen LogP contribution is -2.59. The molecule has 2 heterocycles. The first-order chi connectivity index (χ1) is 12.0. The van der Waals surface area contributed by atoms with Crippen LogP contribution >= 0.6 is 0 Å². The van der Waals surface area contributed by atoms with Gasteiger partial charge in [-0.25, -0.2) is 0 Å². The summed E-state index contributed by atoms with van der Waals surface area (Å²) in [5, 5.41) is 0. The standard InChI is InChI=1S/C22H43N3/c1-17(2)20-6-8-21(9-7-20)24-14-15-25(19(5)16-24)22-10-12-23(13-11-22)18(3)4/h17-22H,6-16H2,1-5H3/t19-,20?,21?/m1/s1. The topological polar surface area (TPSA) is 9.72 Å². The van der Waals surface area contributed by atoms with Crippen LogP contribution in [0.5, 0.6) is 0 Å². The van der Waals surface area contributed by atoms with Gasteiger partial charge in [-0.15, -0.1) is 0 Å². The molecule has 3 rings (SSSR count). The third-order valence-corrected chi connectivity index (χ3v) is 7.61. The van der Waals surface area contributed by atoms with Crippen LogP contribution in [0.4, 0.5) is 0 Å². The summed E-state index contributed by atoms with van der Waals surface area (Å²) in [6, 6.07) is 3.18. The van der Waals surface area contributed by atoms with Crippen LogP contribution in [0.25, 0.3) is 0 Å². The number of hydrogen-bond acceptors (Lipinski definition) is 3. The van der Waals surface area contributed by atoms with Crippen LogP contribution in [0.2, 0.25) is 0 Å². The van der Waals surface area contributed by atoms with E-state index in [0.717, 1.165) is 36.0 Å². The molecule has 2 aliphatic heterocycles. The van der Waals surface area contributed by atoms with Gasteiger partial charge < -0.3 is 4.90 Å². The van der Waals surface area contributed by atoms with E-state index < -0.39 is 0 Å². The second-order valence-electron chi connectivity index (χ2n) is 9.76. The second kappa shape index (κ2) is 8.71. The molecule has 25 heavy (non-hydrogen) atoms. The van der Waals surface area contributed by atoms with Crippen molar-refractivity contribution in [1.29, 1.82) is 0 Å². The normalized spacial score (nSPS) is 34.9. The fraction of sp³-hybridized carbons (Fsp3) is 1.00. The monoisotopic (exact) mass is 349 g/mol. The molecule has 0 spiro atoms. The molecule has 0 unspecified atom stereocenters. The zero-order valence-electron chi connectivity index (χ0n) is 17.6. The van der Waals surface area contributed by atoms with Crippen LogP contribution in [0.1, 0.15) is 73.1 Å². The first kappa shape index (κ1) is 19.6. The van der Waals surface area contributed by atoms with Crippen molar-refractivity contribution in [3.63, 3.8) is 0 Å². The van der Waals surface area contributed by atoms with Crippen molar-refractivity contribution in [1.82, 2.24) is 14.7 Å². The predicted molar refractivity (Wildman–Crippen MR) is 108 cm³/mol. The Balaban J connectivity index is 1.45. The molecule has 3 heteroatoms. The Morgan fingerprint density at radius 1 is 0.720 bits per heavy atom. The van der Waals surface area contributed by atoms with E-state index in [-0.39, 0.29) is 0 Å². The average molecular weight is 350 g/mol. The quantitative estimate of drug-likeness (QED) is 0.757. The second-order valence-corrected chi connectivity index (χ2v) is 9.76. The first-order valence-electron chi connectivity index (χ1n) is 11.2. The third-order valence-electron chi connectivity index (χ3n) is 7.61. The van der Waals surface area contributed by atoms with E-state index in [9.17, 15) is 0 Å². The van der Waals surface area contributed by atoms with Crippen LogP contribution in [0.3, 0.4) is 0 Å². The molecule has 1 atom stereocenters. The molecule has 1 aliphatic carbocycles. The highest BCUT2D eigenvalue weighted by Crippen LogP contribution is 2.33. The highest BCUT2D eigenvalue weighted by Gasteiger charge is 2.35. The minimum absolute atomic E-state index is 0.719. The van der Waals surface area contributed by atoms with Gasteiger partial charge in [-0.05, 0) is 84.2 Å². The molecule has 0 aromatic heterocycles. The van der Waals surface area contributed by atoms with Crippen molar-refractivity contribution < 1.29 is 0 Å². The van der Waals surface area contributed by atoms with Gasteiger partial charge in [0.1, 0.15) is 0 Å². The Labute approximate surface area is 157 Å². The number of likely N-dealkylation sites (tertiary alicyclic amines) is 1. The zero-order chi connectivity index (χ0) is 18.0. The average Bonchev–Trinajstić information content (AvgIpc) is 2.62.